The van der Waals surface area contributed by atoms with Crippen LogP contribution in [0.4, 0.5) is 5.82 Å². The fourth-order valence-electron chi connectivity index (χ4n) is 2.12. The van der Waals surface area contributed by atoms with E-state index >= 15 is 0 Å². The molecule has 0 unspecified atom stereocenters. The van der Waals surface area contributed by atoms with Crippen molar-refractivity contribution in [3.05, 3.63) is 50.5 Å². The molecular weight excluding hydrogens is 373 g/mol. The van der Waals surface area contributed by atoms with Gasteiger partial charge in [0.25, 0.3) is 0 Å². The SMILES string of the molecule is CNc1nc(Cc2ccc(C)cc2)nc(C(C)(C)C)c1I. The second-order valence-electron chi connectivity index (χ2n) is 6.31. The van der Waals surface area contributed by atoms with Gasteiger partial charge in [-0.3, -0.25) is 0 Å². The number of nitrogens with one attached hydrogen (secondary N) is 1. The van der Waals surface area contributed by atoms with Gasteiger partial charge in [-0.2, -0.15) is 0 Å². The molecular formula is C17H22IN3. The molecule has 0 saturated carbocycles. The molecule has 0 aliphatic carbocycles. The number of anilines is 1. The minimum Gasteiger partial charge on any atom is -0.372 e. The summed E-state index contributed by atoms with van der Waals surface area (Å²) in [4.78, 5) is 9.46. The number of aromatic nitrogens is 2. The zero-order chi connectivity index (χ0) is 15.6. The molecule has 2 rings (SSSR count). The number of rotatable bonds is 3. The molecule has 1 aromatic heterocycles. The van der Waals surface area contributed by atoms with Gasteiger partial charge in [-0.1, -0.05) is 50.6 Å². The van der Waals surface area contributed by atoms with Crippen LogP contribution in [0.5, 0.6) is 0 Å². The summed E-state index contributed by atoms with van der Waals surface area (Å²) in [5.41, 5.74) is 3.62. The van der Waals surface area contributed by atoms with E-state index in [1.165, 1.54) is 11.1 Å². The van der Waals surface area contributed by atoms with Gasteiger partial charge in [-0.05, 0) is 35.1 Å². The van der Waals surface area contributed by atoms with E-state index < -0.39 is 0 Å². The monoisotopic (exact) mass is 395 g/mol. The summed E-state index contributed by atoms with van der Waals surface area (Å²) < 4.78 is 1.11. The maximum atomic E-state index is 4.81. The first kappa shape index (κ1) is 16.2. The lowest BCUT2D eigenvalue weighted by Crippen LogP contribution is -2.19. The Kier molecular flexibility index (Phi) is 4.86. The fraction of sp³-hybridized carbons (Fsp3) is 0.412. The Bertz CT molecular complexity index is 628. The van der Waals surface area contributed by atoms with Crippen LogP contribution in [0.15, 0.2) is 24.3 Å². The second kappa shape index (κ2) is 6.30. The van der Waals surface area contributed by atoms with E-state index in [9.17, 15) is 0 Å². The highest BCUT2D eigenvalue weighted by Gasteiger charge is 2.22. The molecule has 0 aliphatic heterocycles. The normalized spacial score (nSPS) is 11.5. The molecule has 0 atom stereocenters. The summed E-state index contributed by atoms with van der Waals surface area (Å²) in [6, 6.07) is 8.55. The number of hydrogen-bond acceptors (Lipinski definition) is 3. The van der Waals surface area contributed by atoms with E-state index in [0.717, 1.165) is 27.3 Å². The topological polar surface area (TPSA) is 37.8 Å². The van der Waals surface area contributed by atoms with E-state index in [0.29, 0.717) is 0 Å². The third-order valence-corrected chi connectivity index (χ3v) is 4.35. The molecule has 1 heterocycles. The third-order valence-electron chi connectivity index (χ3n) is 3.33. The number of halogens is 1. The highest BCUT2D eigenvalue weighted by atomic mass is 127. The molecule has 0 spiro atoms. The van der Waals surface area contributed by atoms with E-state index in [1.807, 2.05) is 7.05 Å². The van der Waals surface area contributed by atoms with Crippen LogP contribution in [0, 0.1) is 10.5 Å². The Hall–Kier alpha value is -1.17. The largest absolute Gasteiger partial charge is 0.372 e. The molecule has 0 aliphatic rings. The van der Waals surface area contributed by atoms with Crippen LogP contribution in [-0.4, -0.2) is 17.0 Å². The molecule has 1 aromatic carbocycles. The van der Waals surface area contributed by atoms with E-state index in [2.05, 4.69) is 84.9 Å². The number of nitrogens with zero attached hydrogens (tertiary/aromatic N) is 2. The molecule has 0 radical (unpaired) electrons. The Morgan fingerprint density at radius 1 is 1.10 bits per heavy atom. The van der Waals surface area contributed by atoms with Gasteiger partial charge in [0, 0.05) is 18.9 Å². The van der Waals surface area contributed by atoms with Crippen LogP contribution in [0.25, 0.3) is 0 Å². The Balaban J connectivity index is 2.42. The quantitative estimate of drug-likeness (QED) is 0.787. The first-order valence-corrected chi connectivity index (χ1v) is 8.19. The summed E-state index contributed by atoms with van der Waals surface area (Å²) >= 11 is 2.33. The van der Waals surface area contributed by atoms with Crippen molar-refractivity contribution in [1.82, 2.24) is 9.97 Å². The number of benzene rings is 1. The highest BCUT2D eigenvalue weighted by Crippen LogP contribution is 2.29. The minimum absolute atomic E-state index is 0.00703. The van der Waals surface area contributed by atoms with Crippen LogP contribution < -0.4 is 5.32 Å². The number of hydrogen-bond donors (Lipinski definition) is 1. The van der Waals surface area contributed by atoms with Gasteiger partial charge in [0.1, 0.15) is 11.6 Å². The zero-order valence-electron chi connectivity index (χ0n) is 13.3. The van der Waals surface area contributed by atoms with Gasteiger partial charge >= 0.3 is 0 Å². The van der Waals surface area contributed by atoms with Crippen LogP contribution in [-0.2, 0) is 11.8 Å². The summed E-state index contributed by atoms with van der Waals surface area (Å²) in [5, 5.41) is 3.18. The van der Waals surface area contributed by atoms with Gasteiger partial charge in [-0.15, -0.1) is 0 Å². The fourth-order valence-corrected chi connectivity index (χ4v) is 3.44. The Morgan fingerprint density at radius 2 is 1.71 bits per heavy atom. The molecule has 0 bridgehead atoms. The summed E-state index contributed by atoms with van der Waals surface area (Å²) in [5.74, 6) is 1.78. The van der Waals surface area contributed by atoms with Crippen LogP contribution in [0.2, 0.25) is 0 Å². The zero-order valence-corrected chi connectivity index (χ0v) is 15.4. The van der Waals surface area contributed by atoms with Gasteiger partial charge in [0.2, 0.25) is 0 Å². The van der Waals surface area contributed by atoms with Crippen molar-refractivity contribution >= 4 is 28.4 Å². The maximum Gasteiger partial charge on any atom is 0.143 e. The van der Waals surface area contributed by atoms with Crippen LogP contribution in [0.1, 0.15) is 43.4 Å². The van der Waals surface area contributed by atoms with Gasteiger partial charge < -0.3 is 5.32 Å². The third kappa shape index (κ3) is 3.93. The lowest BCUT2D eigenvalue weighted by atomic mass is 9.91. The molecule has 112 valence electrons. The average molecular weight is 395 g/mol. The molecule has 1 N–H and O–H groups in total. The van der Waals surface area contributed by atoms with Crippen LogP contribution >= 0.6 is 22.6 Å². The first-order valence-electron chi connectivity index (χ1n) is 7.11. The van der Waals surface area contributed by atoms with E-state index in [1.54, 1.807) is 0 Å². The molecule has 0 fully saturated rings. The van der Waals surface area contributed by atoms with Crippen molar-refractivity contribution in [2.45, 2.75) is 39.5 Å². The predicted molar refractivity (Wildman–Crippen MR) is 97.0 cm³/mol. The van der Waals surface area contributed by atoms with Gasteiger partial charge in [-0.25, -0.2) is 9.97 Å². The van der Waals surface area contributed by atoms with Crippen molar-refractivity contribution in [1.29, 1.82) is 0 Å². The molecule has 0 amide bonds. The molecule has 4 heteroatoms. The van der Waals surface area contributed by atoms with Gasteiger partial charge in [0.15, 0.2) is 0 Å². The summed E-state index contributed by atoms with van der Waals surface area (Å²) in [7, 11) is 1.91. The molecule has 3 nitrogen and oxygen atoms in total. The van der Waals surface area contributed by atoms with E-state index in [-0.39, 0.29) is 5.41 Å². The minimum atomic E-state index is 0.00703. The second-order valence-corrected chi connectivity index (χ2v) is 7.39. The molecule has 21 heavy (non-hydrogen) atoms. The first-order chi connectivity index (χ1) is 9.81. The van der Waals surface area contributed by atoms with Crippen molar-refractivity contribution < 1.29 is 0 Å². The highest BCUT2D eigenvalue weighted by molar-refractivity contribution is 14.1. The maximum absolute atomic E-state index is 4.81. The van der Waals surface area contributed by atoms with Crippen molar-refractivity contribution in [3.8, 4) is 0 Å². The summed E-state index contributed by atoms with van der Waals surface area (Å²) in [6.45, 7) is 8.66. The van der Waals surface area contributed by atoms with Gasteiger partial charge in [0.05, 0.1) is 9.26 Å². The van der Waals surface area contributed by atoms with Crippen molar-refractivity contribution in [2.24, 2.45) is 0 Å². The van der Waals surface area contributed by atoms with Crippen LogP contribution in [0.3, 0.4) is 0 Å². The Morgan fingerprint density at radius 3 is 2.24 bits per heavy atom. The number of aryl methyl sites for hydroxylation is 1. The predicted octanol–water partition coefficient (Wildman–Crippen LogP) is 4.32. The average Bonchev–Trinajstić information content (AvgIpc) is 2.42. The standard InChI is InChI=1S/C17H22IN3/c1-11-6-8-12(9-7-11)10-13-20-15(17(2,3)4)14(18)16(19-5)21-13/h6-9H,10H2,1-5H3,(H,19,20,21). The molecule has 2 aromatic rings. The molecule has 0 saturated heterocycles. The lowest BCUT2D eigenvalue weighted by molar-refractivity contribution is 0.559. The van der Waals surface area contributed by atoms with Crippen molar-refractivity contribution in [2.75, 3.05) is 12.4 Å². The Labute approximate surface area is 140 Å². The smallest absolute Gasteiger partial charge is 0.143 e. The lowest BCUT2D eigenvalue weighted by Gasteiger charge is -2.21. The van der Waals surface area contributed by atoms with E-state index in [4.69, 9.17) is 4.98 Å². The summed E-state index contributed by atoms with van der Waals surface area (Å²) in [6.07, 6.45) is 0.759. The van der Waals surface area contributed by atoms with Crippen molar-refractivity contribution in [3.63, 3.8) is 0 Å².